The van der Waals surface area contributed by atoms with Gasteiger partial charge in [-0.15, -0.1) is 0 Å². The van der Waals surface area contributed by atoms with Gasteiger partial charge in [-0.3, -0.25) is 9.59 Å². The normalized spacial score (nSPS) is 31.5. The maximum Gasteiger partial charge on any atom is 0.343 e. The second kappa shape index (κ2) is 7.16. The Balaban J connectivity index is 1.23. The van der Waals surface area contributed by atoms with Gasteiger partial charge in [0.25, 0.3) is 0 Å². The van der Waals surface area contributed by atoms with Crippen LogP contribution in [0.4, 0.5) is 5.69 Å². The highest BCUT2D eigenvalue weighted by Gasteiger charge is 2.67. The fourth-order valence-corrected chi connectivity index (χ4v) is 6.16. The van der Waals surface area contributed by atoms with E-state index in [2.05, 4.69) is 19.1 Å². The first-order valence-corrected chi connectivity index (χ1v) is 11.5. The number of carbonyl (C=O) groups is 3. The lowest BCUT2D eigenvalue weighted by Crippen LogP contribution is -2.40. The first-order valence-electron chi connectivity index (χ1n) is 11.5. The van der Waals surface area contributed by atoms with Crippen molar-refractivity contribution in [3.05, 3.63) is 71.8 Å². The number of carbonyl (C=O) groups excluding carboxylic acids is 3. The van der Waals surface area contributed by atoms with Crippen LogP contribution in [0.25, 0.3) is 0 Å². The van der Waals surface area contributed by atoms with Crippen LogP contribution in [0.15, 0.2) is 60.7 Å². The Morgan fingerprint density at radius 2 is 1.62 bits per heavy atom. The number of rotatable bonds is 5. The van der Waals surface area contributed by atoms with E-state index in [1.54, 1.807) is 36.4 Å². The molecule has 2 aromatic carbocycles. The van der Waals surface area contributed by atoms with Crippen molar-refractivity contribution in [2.45, 2.75) is 26.2 Å². The van der Waals surface area contributed by atoms with E-state index in [0.717, 1.165) is 19.3 Å². The van der Waals surface area contributed by atoms with E-state index in [9.17, 15) is 14.4 Å². The summed E-state index contributed by atoms with van der Waals surface area (Å²) in [6.45, 7) is 2.12. The van der Waals surface area contributed by atoms with Crippen LogP contribution in [0.2, 0.25) is 0 Å². The molecule has 5 heteroatoms. The third kappa shape index (κ3) is 2.87. The van der Waals surface area contributed by atoms with Crippen molar-refractivity contribution < 1.29 is 19.1 Å². The van der Waals surface area contributed by atoms with E-state index in [1.165, 1.54) is 10.5 Å². The van der Waals surface area contributed by atoms with Gasteiger partial charge in [-0.05, 0) is 72.4 Å². The van der Waals surface area contributed by atoms with Gasteiger partial charge in [-0.25, -0.2) is 9.69 Å². The van der Waals surface area contributed by atoms with Gasteiger partial charge in [0.1, 0.15) is 5.75 Å². The van der Waals surface area contributed by atoms with E-state index in [-0.39, 0.29) is 35.5 Å². The van der Waals surface area contributed by atoms with E-state index in [4.69, 9.17) is 4.74 Å². The van der Waals surface area contributed by atoms with Crippen molar-refractivity contribution >= 4 is 23.5 Å². The van der Waals surface area contributed by atoms with Gasteiger partial charge < -0.3 is 4.74 Å². The maximum absolute atomic E-state index is 13.3. The quantitative estimate of drug-likeness (QED) is 0.307. The molecule has 4 aliphatic carbocycles. The number of ether oxygens (including phenoxy) is 1. The fourth-order valence-electron chi connectivity index (χ4n) is 6.16. The maximum atomic E-state index is 13.3. The predicted molar refractivity (Wildman–Crippen MR) is 119 cm³/mol. The molecule has 32 heavy (non-hydrogen) atoms. The molecule has 3 fully saturated rings. The number of amides is 2. The van der Waals surface area contributed by atoms with Crippen molar-refractivity contribution in [3.63, 3.8) is 0 Å². The molecule has 5 aliphatic rings. The summed E-state index contributed by atoms with van der Waals surface area (Å²) < 4.78 is 5.53. The summed E-state index contributed by atoms with van der Waals surface area (Å²) in [7, 11) is 0. The largest absolute Gasteiger partial charge is 0.423 e. The molecule has 5 nitrogen and oxygen atoms in total. The molecule has 7 rings (SSSR count). The van der Waals surface area contributed by atoms with Crippen LogP contribution >= 0.6 is 0 Å². The minimum Gasteiger partial charge on any atom is -0.423 e. The summed E-state index contributed by atoms with van der Waals surface area (Å²) in [4.78, 5) is 40.7. The van der Waals surface area contributed by atoms with E-state index in [0.29, 0.717) is 28.8 Å². The molecular formula is C27H25NO4. The van der Waals surface area contributed by atoms with Crippen LogP contribution in [-0.4, -0.2) is 17.8 Å². The van der Waals surface area contributed by atoms with Gasteiger partial charge >= 0.3 is 5.97 Å². The van der Waals surface area contributed by atoms with Crippen molar-refractivity contribution in [2.75, 3.05) is 4.90 Å². The number of allylic oxidation sites excluding steroid dienone is 2. The highest BCUT2D eigenvalue weighted by Crippen LogP contribution is 2.65. The molecule has 0 aromatic heterocycles. The van der Waals surface area contributed by atoms with Crippen molar-refractivity contribution in [3.8, 4) is 5.75 Å². The molecule has 0 spiro atoms. The Kier molecular flexibility index (Phi) is 4.36. The monoisotopic (exact) mass is 427 g/mol. The van der Waals surface area contributed by atoms with Gasteiger partial charge in [0, 0.05) is 0 Å². The number of aryl methyl sites for hydroxylation is 1. The Bertz CT molecular complexity index is 1110. The molecule has 0 N–H and O–H groups in total. The number of hydrogen-bond donors (Lipinski definition) is 0. The van der Waals surface area contributed by atoms with Crippen LogP contribution < -0.4 is 9.64 Å². The summed E-state index contributed by atoms with van der Waals surface area (Å²) in [5, 5.41) is 0. The molecule has 162 valence electrons. The van der Waals surface area contributed by atoms with Gasteiger partial charge in [-0.2, -0.15) is 0 Å². The average Bonchev–Trinajstić information content (AvgIpc) is 3.59. The smallest absolute Gasteiger partial charge is 0.343 e. The van der Waals surface area contributed by atoms with E-state index in [1.807, 2.05) is 12.1 Å². The highest BCUT2D eigenvalue weighted by atomic mass is 16.5. The van der Waals surface area contributed by atoms with Crippen LogP contribution in [0.5, 0.6) is 5.75 Å². The SMILES string of the molecule is CCCc1ccc(OC(=O)c2cccc(N3C(=O)C4C5C=CC(C6CC56)C4C3=O)c2)cc1. The summed E-state index contributed by atoms with van der Waals surface area (Å²) in [6.07, 6.45) is 7.49. The minimum atomic E-state index is -0.505. The number of benzene rings is 2. The first kappa shape index (κ1) is 19.5. The molecule has 6 atom stereocenters. The number of hydrogen-bond acceptors (Lipinski definition) is 4. The molecular weight excluding hydrogens is 402 g/mol. The van der Waals surface area contributed by atoms with Crippen LogP contribution in [-0.2, 0) is 16.0 Å². The zero-order chi connectivity index (χ0) is 22.0. The predicted octanol–water partition coefficient (Wildman–Crippen LogP) is 4.42. The molecule has 2 amide bonds. The number of imide groups is 1. The molecule has 2 bridgehead atoms. The molecule has 1 saturated heterocycles. The Morgan fingerprint density at radius 1 is 0.969 bits per heavy atom. The van der Waals surface area contributed by atoms with Crippen molar-refractivity contribution in [2.24, 2.45) is 35.5 Å². The highest BCUT2D eigenvalue weighted by molar-refractivity contribution is 6.23. The Labute approximate surface area is 187 Å². The third-order valence-electron chi connectivity index (χ3n) is 7.68. The first-order chi connectivity index (χ1) is 15.6. The zero-order valence-corrected chi connectivity index (χ0v) is 17.9. The Hall–Kier alpha value is -3.21. The molecule has 0 radical (unpaired) electrons. The lowest BCUT2D eigenvalue weighted by Gasteiger charge is -2.37. The summed E-state index contributed by atoms with van der Waals surface area (Å²) in [5.41, 5.74) is 1.97. The van der Waals surface area contributed by atoms with Crippen LogP contribution in [0.1, 0.15) is 35.7 Å². The van der Waals surface area contributed by atoms with Crippen LogP contribution in [0.3, 0.4) is 0 Å². The van der Waals surface area contributed by atoms with Crippen molar-refractivity contribution in [1.29, 1.82) is 0 Å². The standard InChI is InChI=1S/C27H25NO4/c1-2-4-15-7-9-18(10-8-15)32-27(31)16-5-3-6-17(13-16)28-25(29)23-19-11-12-20(22-14-21(19)22)24(23)26(28)30/h3,5-13,19-24H,2,4,14H2,1H3. The van der Waals surface area contributed by atoms with E-state index >= 15 is 0 Å². The molecule has 6 unspecified atom stereocenters. The lowest BCUT2D eigenvalue weighted by atomic mass is 9.63. The summed E-state index contributed by atoms with van der Waals surface area (Å²) in [5.74, 6) is 0.706. The second-order valence-electron chi connectivity index (χ2n) is 9.50. The Morgan fingerprint density at radius 3 is 2.25 bits per heavy atom. The number of nitrogens with zero attached hydrogens (tertiary/aromatic N) is 1. The van der Waals surface area contributed by atoms with Gasteiger partial charge in [0.05, 0.1) is 23.1 Å². The average molecular weight is 428 g/mol. The van der Waals surface area contributed by atoms with Gasteiger partial charge in [0.2, 0.25) is 11.8 Å². The molecule has 1 aliphatic heterocycles. The van der Waals surface area contributed by atoms with Crippen molar-refractivity contribution in [1.82, 2.24) is 0 Å². The van der Waals surface area contributed by atoms with E-state index < -0.39 is 5.97 Å². The zero-order valence-electron chi connectivity index (χ0n) is 17.9. The third-order valence-corrected chi connectivity index (χ3v) is 7.68. The molecule has 2 saturated carbocycles. The van der Waals surface area contributed by atoms with Gasteiger partial charge in [0.15, 0.2) is 0 Å². The molecule has 1 heterocycles. The molecule has 2 aromatic rings. The minimum absolute atomic E-state index is 0.123. The van der Waals surface area contributed by atoms with Crippen LogP contribution in [0, 0.1) is 35.5 Å². The fraction of sp³-hybridized carbons (Fsp3) is 0.370. The lowest BCUT2D eigenvalue weighted by molar-refractivity contribution is -0.124. The van der Waals surface area contributed by atoms with Gasteiger partial charge in [-0.1, -0.05) is 43.7 Å². The summed E-state index contributed by atoms with van der Waals surface area (Å²) >= 11 is 0. The summed E-state index contributed by atoms with van der Waals surface area (Å²) in [6, 6.07) is 14.2. The number of esters is 1. The second-order valence-corrected chi connectivity index (χ2v) is 9.50. The topological polar surface area (TPSA) is 63.7 Å². The number of anilines is 1.